The van der Waals surface area contributed by atoms with Crippen LogP contribution in [0.4, 0.5) is 0 Å². The number of para-hydroxylation sites is 1. The van der Waals surface area contributed by atoms with Gasteiger partial charge in [-0.05, 0) is 25.8 Å². The Hall–Kier alpha value is -2.06. The first-order valence-electron chi connectivity index (χ1n) is 10.4. The van der Waals surface area contributed by atoms with Crippen LogP contribution in [-0.4, -0.2) is 50.9 Å². The van der Waals surface area contributed by atoms with E-state index in [1.165, 1.54) is 0 Å². The molecule has 3 heterocycles. The van der Waals surface area contributed by atoms with Gasteiger partial charge in [-0.15, -0.1) is 0 Å². The van der Waals surface area contributed by atoms with Crippen molar-refractivity contribution in [2.75, 3.05) is 19.8 Å². The summed E-state index contributed by atoms with van der Waals surface area (Å²) >= 11 is 0. The molecule has 2 aromatic heterocycles. The zero-order valence-electron chi connectivity index (χ0n) is 16.8. The molecule has 1 saturated carbocycles. The van der Waals surface area contributed by atoms with Crippen molar-refractivity contribution in [1.29, 1.82) is 0 Å². The molecule has 7 nitrogen and oxygen atoms in total. The van der Waals surface area contributed by atoms with Crippen molar-refractivity contribution in [3.8, 4) is 0 Å². The topological polar surface area (TPSA) is 78.6 Å². The maximum absolute atomic E-state index is 11.5. The van der Waals surface area contributed by atoms with Gasteiger partial charge in [0, 0.05) is 24.8 Å². The third-order valence-electron chi connectivity index (χ3n) is 6.20. The van der Waals surface area contributed by atoms with Gasteiger partial charge in [0.2, 0.25) is 0 Å². The third kappa shape index (κ3) is 3.42. The highest BCUT2D eigenvalue weighted by molar-refractivity contribution is 6.02. The van der Waals surface area contributed by atoms with Gasteiger partial charge in [-0.3, -0.25) is 4.98 Å². The van der Waals surface area contributed by atoms with Gasteiger partial charge in [0.1, 0.15) is 17.9 Å². The minimum atomic E-state index is -0.834. The first-order valence-corrected chi connectivity index (χ1v) is 10.4. The number of aliphatic hydroxyl groups is 1. The molecular formula is C22H27N3O4. The average molecular weight is 397 g/mol. The predicted octanol–water partition coefficient (Wildman–Crippen LogP) is 3.17. The SMILES string of the molecule is CCOCc1nc2cnc3ccccc3c2n1CC1(O)CCC2(CC1)OCCO2. The summed E-state index contributed by atoms with van der Waals surface area (Å²) in [4.78, 5) is 9.33. The van der Waals surface area contributed by atoms with E-state index in [1.54, 1.807) is 0 Å². The molecule has 154 valence electrons. The lowest BCUT2D eigenvalue weighted by Gasteiger charge is -2.41. The summed E-state index contributed by atoms with van der Waals surface area (Å²) in [7, 11) is 0. The molecule has 29 heavy (non-hydrogen) atoms. The molecule has 0 bridgehead atoms. The molecule has 2 aliphatic rings. The summed E-state index contributed by atoms with van der Waals surface area (Å²) in [6.45, 7) is 4.75. The second kappa shape index (κ2) is 7.32. The van der Waals surface area contributed by atoms with Crippen molar-refractivity contribution < 1.29 is 19.3 Å². The van der Waals surface area contributed by atoms with Gasteiger partial charge in [0.05, 0.1) is 42.6 Å². The lowest BCUT2D eigenvalue weighted by molar-refractivity contribution is -0.204. The molecule has 1 N–H and O–H groups in total. The van der Waals surface area contributed by atoms with Crippen LogP contribution in [0.5, 0.6) is 0 Å². The smallest absolute Gasteiger partial charge is 0.168 e. The van der Waals surface area contributed by atoms with Gasteiger partial charge in [0.25, 0.3) is 0 Å². The van der Waals surface area contributed by atoms with Crippen LogP contribution < -0.4 is 0 Å². The third-order valence-corrected chi connectivity index (χ3v) is 6.20. The molecule has 2 fully saturated rings. The van der Waals surface area contributed by atoms with Gasteiger partial charge in [-0.2, -0.15) is 0 Å². The van der Waals surface area contributed by atoms with Crippen molar-refractivity contribution in [3.05, 3.63) is 36.3 Å². The second-order valence-electron chi connectivity index (χ2n) is 8.09. The first kappa shape index (κ1) is 18.9. The monoisotopic (exact) mass is 397 g/mol. The number of pyridine rings is 1. The highest BCUT2D eigenvalue weighted by Gasteiger charge is 2.46. The van der Waals surface area contributed by atoms with Gasteiger partial charge in [-0.25, -0.2) is 4.98 Å². The maximum atomic E-state index is 11.5. The highest BCUT2D eigenvalue weighted by Crippen LogP contribution is 2.41. The van der Waals surface area contributed by atoms with Crippen LogP contribution in [0.1, 0.15) is 38.4 Å². The van der Waals surface area contributed by atoms with E-state index < -0.39 is 11.4 Å². The highest BCUT2D eigenvalue weighted by atomic mass is 16.7. The van der Waals surface area contributed by atoms with Crippen LogP contribution in [0.25, 0.3) is 21.9 Å². The molecule has 0 unspecified atom stereocenters. The number of fused-ring (bicyclic) bond motifs is 3. The first-order chi connectivity index (χ1) is 14.1. The number of hydrogen-bond acceptors (Lipinski definition) is 6. The Bertz CT molecular complexity index is 1020. The van der Waals surface area contributed by atoms with Crippen molar-refractivity contribution in [2.45, 2.75) is 57.1 Å². The van der Waals surface area contributed by atoms with Gasteiger partial charge in [-0.1, -0.05) is 18.2 Å². The van der Waals surface area contributed by atoms with Crippen LogP contribution in [0, 0.1) is 0 Å². The van der Waals surface area contributed by atoms with Crippen LogP contribution >= 0.6 is 0 Å². The zero-order chi connectivity index (χ0) is 19.9. The molecule has 0 radical (unpaired) electrons. The molecule has 1 aromatic carbocycles. The summed E-state index contributed by atoms with van der Waals surface area (Å²) < 4.78 is 19.5. The Labute approximate surface area is 169 Å². The van der Waals surface area contributed by atoms with Crippen LogP contribution in [0.15, 0.2) is 30.5 Å². The molecule has 1 aliphatic carbocycles. The number of benzene rings is 1. The van der Waals surface area contributed by atoms with Crippen LogP contribution in [0.3, 0.4) is 0 Å². The van der Waals surface area contributed by atoms with Gasteiger partial charge in [0.15, 0.2) is 5.79 Å². The fraction of sp³-hybridized carbons (Fsp3) is 0.545. The Morgan fingerprint density at radius 3 is 2.62 bits per heavy atom. The summed E-state index contributed by atoms with van der Waals surface area (Å²) in [6, 6.07) is 8.06. The van der Waals surface area contributed by atoms with E-state index >= 15 is 0 Å². The summed E-state index contributed by atoms with van der Waals surface area (Å²) in [5.74, 6) is 0.329. The standard InChI is InChI=1S/C22H27N3O4/c1-2-27-14-19-24-18-13-23-17-6-4-3-5-16(17)20(18)25(19)15-21(26)7-9-22(10-8-21)28-11-12-29-22/h3-6,13,26H,2,7-12,14-15H2,1H3. The quantitative estimate of drug-likeness (QED) is 0.712. The predicted molar refractivity (Wildman–Crippen MR) is 108 cm³/mol. The number of aromatic nitrogens is 3. The van der Waals surface area contributed by atoms with Crippen molar-refractivity contribution in [2.24, 2.45) is 0 Å². The Kier molecular flexibility index (Phi) is 4.78. The lowest BCUT2D eigenvalue weighted by atomic mass is 9.81. The molecule has 5 rings (SSSR count). The summed E-state index contributed by atoms with van der Waals surface area (Å²) in [5.41, 5.74) is 1.93. The molecule has 0 amide bonds. The van der Waals surface area contributed by atoms with E-state index in [4.69, 9.17) is 19.2 Å². The van der Waals surface area contributed by atoms with Gasteiger partial charge < -0.3 is 23.9 Å². The Morgan fingerprint density at radius 2 is 1.86 bits per heavy atom. The molecule has 0 atom stereocenters. The van der Waals surface area contributed by atoms with Crippen molar-refractivity contribution >= 4 is 21.9 Å². The number of ether oxygens (including phenoxy) is 3. The maximum Gasteiger partial charge on any atom is 0.168 e. The van der Waals surface area contributed by atoms with Gasteiger partial charge >= 0.3 is 0 Å². The number of hydrogen-bond donors (Lipinski definition) is 1. The largest absolute Gasteiger partial charge is 0.388 e. The van der Waals surface area contributed by atoms with E-state index in [0.717, 1.165) is 27.8 Å². The summed E-state index contributed by atoms with van der Waals surface area (Å²) in [6.07, 6.45) is 4.48. The molecule has 3 aromatic rings. The van der Waals surface area contributed by atoms with E-state index in [0.29, 0.717) is 58.7 Å². The minimum absolute atomic E-state index is 0.408. The van der Waals surface area contributed by atoms with E-state index in [2.05, 4.69) is 15.6 Å². The average Bonchev–Trinajstić information content (AvgIpc) is 3.34. The van der Waals surface area contributed by atoms with E-state index in [1.807, 2.05) is 31.3 Å². The van der Waals surface area contributed by atoms with E-state index in [9.17, 15) is 5.11 Å². The molecule has 1 aliphatic heterocycles. The minimum Gasteiger partial charge on any atom is -0.388 e. The molecule has 1 spiro atoms. The zero-order valence-corrected chi connectivity index (χ0v) is 16.8. The number of imidazole rings is 1. The normalized spacial score (nSPS) is 20.8. The van der Waals surface area contributed by atoms with Crippen molar-refractivity contribution in [3.63, 3.8) is 0 Å². The van der Waals surface area contributed by atoms with E-state index in [-0.39, 0.29) is 0 Å². The van der Waals surface area contributed by atoms with Crippen molar-refractivity contribution in [1.82, 2.24) is 14.5 Å². The number of nitrogens with zero attached hydrogens (tertiary/aromatic N) is 3. The van der Waals surface area contributed by atoms with Crippen LogP contribution in [-0.2, 0) is 27.4 Å². The second-order valence-corrected chi connectivity index (χ2v) is 8.09. The summed E-state index contributed by atoms with van der Waals surface area (Å²) in [5, 5.41) is 12.5. The van der Waals surface area contributed by atoms with Crippen LogP contribution in [0.2, 0.25) is 0 Å². The Morgan fingerprint density at radius 1 is 1.10 bits per heavy atom. The molecular weight excluding hydrogens is 370 g/mol. The molecule has 1 saturated heterocycles. The fourth-order valence-corrected chi connectivity index (χ4v) is 4.62. The Balaban J connectivity index is 1.53. The lowest BCUT2D eigenvalue weighted by Crippen LogP contribution is -2.46. The molecule has 7 heteroatoms. The fourth-order valence-electron chi connectivity index (χ4n) is 4.62. The number of rotatable bonds is 5.